The molecule has 1 aromatic heterocycles. The lowest BCUT2D eigenvalue weighted by atomic mass is 10.1. The van der Waals surface area contributed by atoms with Crippen molar-refractivity contribution in [2.75, 3.05) is 0 Å². The van der Waals surface area contributed by atoms with Gasteiger partial charge in [-0.2, -0.15) is 0 Å². The first kappa shape index (κ1) is 18.9. The summed E-state index contributed by atoms with van der Waals surface area (Å²) in [5.41, 5.74) is -0.598. The van der Waals surface area contributed by atoms with E-state index >= 15 is 0 Å². The molecule has 132 valence electrons. The van der Waals surface area contributed by atoms with Gasteiger partial charge in [0.05, 0.1) is 0 Å². The largest absolute Gasteiger partial charge is 0.477 e. The Bertz CT molecular complexity index is 863. The Balaban J connectivity index is 2.48. The maximum absolute atomic E-state index is 12.3. The van der Waals surface area contributed by atoms with Crippen LogP contribution in [0.5, 0.6) is 0 Å². The van der Waals surface area contributed by atoms with Gasteiger partial charge in [-0.05, 0) is 50.1 Å². The summed E-state index contributed by atoms with van der Waals surface area (Å²) in [5, 5.41) is 9.29. The molecule has 0 aliphatic carbocycles. The van der Waals surface area contributed by atoms with E-state index in [1.54, 1.807) is 45.0 Å². The minimum atomic E-state index is -1.35. The first-order chi connectivity index (χ1) is 11.6. The summed E-state index contributed by atoms with van der Waals surface area (Å²) in [7, 11) is 0. The standard InChI is InChI=1S/C18H18BrNO5/c1-18(2,3)25-15(21)10-20-9-12(8-14(16(20)22)17(23)24)11-4-6-13(19)7-5-11/h4-9H,10H2,1-3H3,(H,23,24). The van der Waals surface area contributed by atoms with Gasteiger partial charge in [-0.25, -0.2) is 4.79 Å². The maximum Gasteiger partial charge on any atom is 0.341 e. The summed E-state index contributed by atoms with van der Waals surface area (Å²) in [6, 6.07) is 8.48. The van der Waals surface area contributed by atoms with Gasteiger partial charge in [-0.1, -0.05) is 28.1 Å². The number of carbonyl (C=O) groups is 2. The lowest BCUT2D eigenvalue weighted by Gasteiger charge is -2.20. The molecule has 2 aromatic rings. The smallest absolute Gasteiger partial charge is 0.341 e. The van der Waals surface area contributed by atoms with Crippen molar-refractivity contribution >= 4 is 27.9 Å². The van der Waals surface area contributed by atoms with Gasteiger partial charge in [-0.15, -0.1) is 0 Å². The van der Waals surface area contributed by atoms with E-state index in [1.165, 1.54) is 12.3 Å². The van der Waals surface area contributed by atoms with Crippen molar-refractivity contribution in [3.63, 3.8) is 0 Å². The molecule has 6 nitrogen and oxygen atoms in total. The number of aromatic nitrogens is 1. The van der Waals surface area contributed by atoms with Gasteiger partial charge in [0.25, 0.3) is 5.56 Å². The lowest BCUT2D eigenvalue weighted by molar-refractivity contribution is -0.155. The normalized spacial score (nSPS) is 11.2. The summed E-state index contributed by atoms with van der Waals surface area (Å²) < 4.78 is 7.14. The summed E-state index contributed by atoms with van der Waals surface area (Å²) in [5.74, 6) is -1.96. The molecule has 2 rings (SSSR count). The molecule has 0 aliphatic rings. The number of carboxylic acid groups (broad SMARTS) is 1. The fourth-order valence-corrected chi connectivity index (χ4v) is 2.48. The number of rotatable bonds is 4. The van der Waals surface area contributed by atoms with Crippen LogP contribution >= 0.6 is 15.9 Å². The van der Waals surface area contributed by atoms with Crippen LogP contribution in [0.4, 0.5) is 0 Å². The molecule has 25 heavy (non-hydrogen) atoms. The quantitative estimate of drug-likeness (QED) is 0.785. The van der Waals surface area contributed by atoms with Crippen LogP contribution in [-0.2, 0) is 16.1 Å². The molecule has 0 saturated carbocycles. The van der Waals surface area contributed by atoms with Crippen molar-refractivity contribution in [1.82, 2.24) is 4.57 Å². The van der Waals surface area contributed by atoms with Gasteiger partial charge < -0.3 is 14.4 Å². The first-order valence-corrected chi connectivity index (χ1v) is 8.32. The highest BCUT2D eigenvalue weighted by Crippen LogP contribution is 2.22. The van der Waals surface area contributed by atoms with E-state index < -0.39 is 28.7 Å². The van der Waals surface area contributed by atoms with Crippen molar-refractivity contribution in [1.29, 1.82) is 0 Å². The second kappa shape index (κ2) is 7.23. The number of esters is 1. The third-order valence-electron chi connectivity index (χ3n) is 3.21. The molecular formula is C18H18BrNO5. The predicted molar refractivity (Wildman–Crippen MR) is 96.6 cm³/mol. The Morgan fingerprint density at radius 2 is 1.76 bits per heavy atom. The van der Waals surface area contributed by atoms with Crippen LogP contribution in [0.25, 0.3) is 11.1 Å². The number of ether oxygens (including phenoxy) is 1. The Hall–Kier alpha value is -2.41. The second-order valence-electron chi connectivity index (χ2n) is 6.47. The van der Waals surface area contributed by atoms with Crippen molar-refractivity contribution in [2.24, 2.45) is 0 Å². The highest BCUT2D eigenvalue weighted by atomic mass is 79.9. The molecule has 1 aromatic carbocycles. The predicted octanol–water partition coefficient (Wildman–Crippen LogP) is 3.32. The van der Waals surface area contributed by atoms with Crippen LogP contribution in [0.3, 0.4) is 0 Å². The zero-order valence-corrected chi connectivity index (χ0v) is 15.7. The summed E-state index contributed by atoms with van der Waals surface area (Å²) in [4.78, 5) is 35.7. The van der Waals surface area contributed by atoms with Crippen molar-refractivity contribution < 1.29 is 19.4 Å². The topological polar surface area (TPSA) is 85.6 Å². The van der Waals surface area contributed by atoms with Crippen LogP contribution in [0.1, 0.15) is 31.1 Å². The molecule has 0 amide bonds. The van der Waals surface area contributed by atoms with E-state index in [-0.39, 0.29) is 6.54 Å². The zero-order valence-electron chi connectivity index (χ0n) is 14.1. The zero-order chi connectivity index (χ0) is 18.8. The number of carbonyl (C=O) groups excluding carboxylic acids is 1. The fraction of sp³-hybridized carbons (Fsp3) is 0.278. The number of pyridine rings is 1. The van der Waals surface area contributed by atoms with Gasteiger partial charge in [0.2, 0.25) is 0 Å². The van der Waals surface area contributed by atoms with Crippen molar-refractivity contribution in [3.05, 3.63) is 56.9 Å². The van der Waals surface area contributed by atoms with Crippen molar-refractivity contribution in [2.45, 2.75) is 32.9 Å². The molecule has 0 atom stereocenters. The molecule has 7 heteroatoms. The van der Waals surface area contributed by atoms with Crippen LogP contribution in [0.15, 0.2) is 45.8 Å². The molecule has 1 N–H and O–H groups in total. The Morgan fingerprint density at radius 3 is 2.28 bits per heavy atom. The molecule has 0 radical (unpaired) electrons. The summed E-state index contributed by atoms with van der Waals surface area (Å²) >= 11 is 3.33. The number of halogens is 1. The van der Waals surface area contributed by atoms with Crippen LogP contribution in [0.2, 0.25) is 0 Å². The Kier molecular flexibility index (Phi) is 5.47. The monoisotopic (exact) mass is 407 g/mol. The minimum Gasteiger partial charge on any atom is -0.477 e. The van der Waals surface area contributed by atoms with E-state index in [4.69, 9.17) is 4.74 Å². The molecule has 0 unspecified atom stereocenters. The van der Waals surface area contributed by atoms with Gasteiger partial charge in [0, 0.05) is 10.7 Å². The Morgan fingerprint density at radius 1 is 1.16 bits per heavy atom. The average Bonchev–Trinajstić information content (AvgIpc) is 2.48. The average molecular weight is 408 g/mol. The highest BCUT2D eigenvalue weighted by Gasteiger charge is 2.19. The summed E-state index contributed by atoms with van der Waals surface area (Å²) in [6.45, 7) is 4.79. The number of nitrogens with zero attached hydrogens (tertiary/aromatic N) is 1. The molecule has 0 bridgehead atoms. The molecule has 0 fully saturated rings. The third kappa shape index (κ3) is 5.03. The van der Waals surface area contributed by atoms with E-state index in [0.29, 0.717) is 5.56 Å². The SMILES string of the molecule is CC(C)(C)OC(=O)Cn1cc(-c2ccc(Br)cc2)cc(C(=O)O)c1=O. The van der Waals surface area contributed by atoms with Gasteiger partial charge in [0.15, 0.2) is 0 Å². The Labute approximate surface area is 153 Å². The van der Waals surface area contributed by atoms with Crippen LogP contribution in [0, 0.1) is 0 Å². The third-order valence-corrected chi connectivity index (χ3v) is 3.74. The number of hydrogen-bond acceptors (Lipinski definition) is 4. The maximum atomic E-state index is 12.3. The minimum absolute atomic E-state index is 0.360. The number of benzene rings is 1. The number of aromatic carboxylic acids is 1. The van der Waals surface area contributed by atoms with Crippen LogP contribution < -0.4 is 5.56 Å². The molecule has 0 aliphatic heterocycles. The highest BCUT2D eigenvalue weighted by molar-refractivity contribution is 9.10. The number of hydrogen-bond donors (Lipinski definition) is 1. The van der Waals surface area contributed by atoms with E-state index in [1.807, 2.05) is 0 Å². The van der Waals surface area contributed by atoms with Gasteiger partial charge in [0.1, 0.15) is 17.7 Å². The molecule has 0 saturated heterocycles. The van der Waals surface area contributed by atoms with Crippen molar-refractivity contribution in [3.8, 4) is 11.1 Å². The second-order valence-corrected chi connectivity index (χ2v) is 7.39. The number of carboxylic acids is 1. The van der Waals surface area contributed by atoms with E-state index in [9.17, 15) is 19.5 Å². The van der Waals surface area contributed by atoms with Gasteiger partial charge >= 0.3 is 11.9 Å². The van der Waals surface area contributed by atoms with E-state index in [0.717, 1.165) is 14.6 Å². The summed E-state index contributed by atoms with van der Waals surface area (Å²) in [6.07, 6.45) is 1.46. The molecular weight excluding hydrogens is 390 g/mol. The molecule has 1 heterocycles. The fourth-order valence-electron chi connectivity index (χ4n) is 2.22. The van der Waals surface area contributed by atoms with Crippen LogP contribution in [-0.4, -0.2) is 27.2 Å². The van der Waals surface area contributed by atoms with Gasteiger partial charge in [-0.3, -0.25) is 9.59 Å². The first-order valence-electron chi connectivity index (χ1n) is 7.52. The van der Waals surface area contributed by atoms with E-state index in [2.05, 4.69) is 15.9 Å². The lowest BCUT2D eigenvalue weighted by Crippen LogP contribution is -2.32. The molecule has 0 spiro atoms.